The highest BCUT2D eigenvalue weighted by molar-refractivity contribution is 7.99. The van der Waals surface area contributed by atoms with Gasteiger partial charge in [0.1, 0.15) is 5.75 Å². The van der Waals surface area contributed by atoms with Gasteiger partial charge in [-0.3, -0.25) is 9.78 Å². The van der Waals surface area contributed by atoms with Crippen LogP contribution in [0, 0.1) is 0 Å². The fourth-order valence-electron chi connectivity index (χ4n) is 1.08. The van der Waals surface area contributed by atoms with E-state index in [1.807, 2.05) is 13.2 Å². The zero-order chi connectivity index (χ0) is 11.1. The maximum atomic E-state index is 11.6. The fourth-order valence-corrected chi connectivity index (χ4v) is 1.51. The van der Waals surface area contributed by atoms with Crippen LogP contribution in [0.15, 0.2) is 18.5 Å². The van der Waals surface area contributed by atoms with E-state index >= 15 is 0 Å². The lowest BCUT2D eigenvalue weighted by Crippen LogP contribution is -2.04. The molecule has 1 rings (SSSR count). The Hall–Kier alpha value is -1.03. The van der Waals surface area contributed by atoms with Crippen molar-refractivity contribution in [2.45, 2.75) is 13.3 Å². The molecule has 0 amide bonds. The Kier molecular flexibility index (Phi) is 5.18. The molecule has 0 bridgehead atoms. The summed E-state index contributed by atoms with van der Waals surface area (Å²) in [6.07, 6.45) is 6.06. The molecule has 1 aromatic heterocycles. The van der Waals surface area contributed by atoms with Gasteiger partial charge in [0, 0.05) is 11.8 Å². The Morgan fingerprint density at radius 1 is 1.53 bits per heavy atom. The smallest absolute Gasteiger partial charge is 0.174 e. The van der Waals surface area contributed by atoms with Gasteiger partial charge in [-0.05, 0) is 18.7 Å². The first-order valence-corrected chi connectivity index (χ1v) is 6.27. The average molecular weight is 225 g/mol. The predicted molar refractivity (Wildman–Crippen MR) is 62.7 cm³/mol. The fraction of sp³-hybridized carbons (Fsp3) is 0.455. The summed E-state index contributed by atoms with van der Waals surface area (Å²) in [5, 5.41) is 0. The van der Waals surface area contributed by atoms with Gasteiger partial charge < -0.3 is 4.74 Å². The SMILES string of the molecule is CCCOc1cncc(C(=O)CSC)c1. The third-order valence-corrected chi connectivity index (χ3v) is 2.33. The lowest BCUT2D eigenvalue weighted by atomic mass is 10.2. The highest BCUT2D eigenvalue weighted by Crippen LogP contribution is 2.13. The van der Waals surface area contributed by atoms with Gasteiger partial charge in [0.2, 0.25) is 0 Å². The molecule has 1 heterocycles. The molecule has 0 aromatic carbocycles. The van der Waals surface area contributed by atoms with Crippen molar-refractivity contribution >= 4 is 17.5 Å². The molecule has 4 heteroatoms. The summed E-state index contributed by atoms with van der Waals surface area (Å²) in [4.78, 5) is 15.5. The van der Waals surface area contributed by atoms with Gasteiger partial charge in [-0.25, -0.2) is 0 Å². The molecule has 0 N–H and O–H groups in total. The van der Waals surface area contributed by atoms with Crippen LogP contribution in [0.1, 0.15) is 23.7 Å². The quantitative estimate of drug-likeness (QED) is 0.697. The van der Waals surface area contributed by atoms with Crippen molar-refractivity contribution in [1.29, 1.82) is 0 Å². The van der Waals surface area contributed by atoms with Crippen LogP contribution >= 0.6 is 11.8 Å². The minimum Gasteiger partial charge on any atom is -0.492 e. The average Bonchev–Trinajstić information content (AvgIpc) is 2.27. The molecule has 15 heavy (non-hydrogen) atoms. The first-order chi connectivity index (χ1) is 7.27. The number of hydrogen-bond acceptors (Lipinski definition) is 4. The maximum absolute atomic E-state index is 11.6. The summed E-state index contributed by atoms with van der Waals surface area (Å²) in [7, 11) is 0. The normalized spacial score (nSPS) is 10.0. The topological polar surface area (TPSA) is 39.2 Å². The molecule has 0 aliphatic carbocycles. The van der Waals surface area contributed by atoms with Crippen LogP contribution in [-0.4, -0.2) is 29.4 Å². The summed E-state index contributed by atoms with van der Waals surface area (Å²) in [5.74, 6) is 1.25. The second-order valence-corrected chi connectivity index (χ2v) is 3.98. The van der Waals surface area contributed by atoms with Crippen LogP contribution in [-0.2, 0) is 0 Å². The largest absolute Gasteiger partial charge is 0.492 e. The highest BCUT2D eigenvalue weighted by atomic mass is 32.2. The number of ether oxygens (including phenoxy) is 1. The summed E-state index contributed by atoms with van der Waals surface area (Å²) < 4.78 is 5.40. The van der Waals surface area contributed by atoms with Crippen LogP contribution < -0.4 is 4.74 Å². The van der Waals surface area contributed by atoms with E-state index in [0.29, 0.717) is 23.7 Å². The number of Topliss-reactive ketones (excluding diaryl/α,β-unsaturated/α-hetero) is 1. The number of carbonyl (C=O) groups is 1. The molecule has 82 valence electrons. The number of hydrogen-bond donors (Lipinski definition) is 0. The van der Waals surface area contributed by atoms with Crippen LogP contribution in [0.25, 0.3) is 0 Å². The lowest BCUT2D eigenvalue weighted by molar-refractivity contribution is 0.102. The van der Waals surface area contributed by atoms with Crippen molar-refractivity contribution in [2.24, 2.45) is 0 Å². The molecule has 0 unspecified atom stereocenters. The number of nitrogens with zero attached hydrogens (tertiary/aromatic N) is 1. The van der Waals surface area contributed by atoms with E-state index in [-0.39, 0.29) is 5.78 Å². The summed E-state index contributed by atoms with van der Waals surface area (Å²) in [5.41, 5.74) is 0.623. The van der Waals surface area contributed by atoms with Crippen molar-refractivity contribution in [1.82, 2.24) is 4.98 Å². The van der Waals surface area contributed by atoms with Gasteiger partial charge in [0.05, 0.1) is 18.6 Å². The van der Waals surface area contributed by atoms with E-state index in [1.165, 1.54) is 11.8 Å². The number of rotatable bonds is 6. The van der Waals surface area contributed by atoms with E-state index in [4.69, 9.17) is 4.74 Å². The zero-order valence-corrected chi connectivity index (χ0v) is 9.84. The third-order valence-electron chi connectivity index (χ3n) is 1.78. The van der Waals surface area contributed by atoms with Crippen molar-refractivity contribution in [2.75, 3.05) is 18.6 Å². The van der Waals surface area contributed by atoms with Crippen LogP contribution in [0.5, 0.6) is 5.75 Å². The lowest BCUT2D eigenvalue weighted by Gasteiger charge is -2.05. The standard InChI is InChI=1S/C11H15NO2S/c1-3-4-14-10-5-9(6-12-7-10)11(13)8-15-2/h5-7H,3-4,8H2,1-2H3. The maximum Gasteiger partial charge on any atom is 0.174 e. The predicted octanol–water partition coefficient (Wildman–Crippen LogP) is 2.42. The Morgan fingerprint density at radius 2 is 2.33 bits per heavy atom. The van der Waals surface area contributed by atoms with Gasteiger partial charge in [0.15, 0.2) is 5.78 Å². The molecule has 0 aliphatic heterocycles. The van der Waals surface area contributed by atoms with Gasteiger partial charge in [0.25, 0.3) is 0 Å². The van der Waals surface area contributed by atoms with E-state index in [1.54, 1.807) is 18.5 Å². The number of ketones is 1. The first-order valence-electron chi connectivity index (χ1n) is 4.88. The Morgan fingerprint density at radius 3 is 3.00 bits per heavy atom. The molecular weight excluding hydrogens is 210 g/mol. The summed E-state index contributed by atoms with van der Waals surface area (Å²) >= 11 is 1.51. The highest BCUT2D eigenvalue weighted by Gasteiger charge is 2.06. The molecule has 0 spiro atoms. The second kappa shape index (κ2) is 6.45. The minimum absolute atomic E-state index is 0.0944. The molecule has 1 aromatic rings. The number of thioether (sulfide) groups is 1. The van der Waals surface area contributed by atoms with Crippen molar-refractivity contribution < 1.29 is 9.53 Å². The van der Waals surface area contributed by atoms with Crippen LogP contribution in [0.4, 0.5) is 0 Å². The van der Waals surface area contributed by atoms with E-state index in [9.17, 15) is 4.79 Å². The summed E-state index contributed by atoms with van der Waals surface area (Å²) in [6, 6.07) is 1.75. The number of aromatic nitrogens is 1. The van der Waals surface area contributed by atoms with Gasteiger partial charge in [-0.15, -0.1) is 0 Å². The van der Waals surface area contributed by atoms with Crippen LogP contribution in [0.3, 0.4) is 0 Å². The van der Waals surface area contributed by atoms with E-state index in [2.05, 4.69) is 4.98 Å². The molecule has 0 aliphatic rings. The summed E-state index contributed by atoms with van der Waals surface area (Å²) in [6.45, 7) is 2.69. The van der Waals surface area contributed by atoms with Gasteiger partial charge in [-0.1, -0.05) is 6.92 Å². The molecule has 0 saturated heterocycles. The molecule has 0 radical (unpaired) electrons. The minimum atomic E-state index is 0.0944. The number of pyridine rings is 1. The van der Waals surface area contributed by atoms with Crippen molar-refractivity contribution in [3.63, 3.8) is 0 Å². The molecule has 3 nitrogen and oxygen atoms in total. The Bertz CT molecular complexity index is 328. The van der Waals surface area contributed by atoms with Gasteiger partial charge >= 0.3 is 0 Å². The monoisotopic (exact) mass is 225 g/mol. The third kappa shape index (κ3) is 3.91. The van der Waals surface area contributed by atoms with E-state index < -0.39 is 0 Å². The van der Waals surface area contributed by atoms with Crippen molar-refractivity contribution in [3.8, 4) is 5.75 Å². The first kappa shape index (κ1) is 12.0. The Balaban J connectivity index is 2.69. The van der Waals surface area contributed by atoms with Gasteiger partial charge in [-0.2, -0.15) is 11.8 Å². The number of carbonyl (C=O) groups excluding carboxylic acids is 1. The molecule has 0 fully saturated rings. The molecule has 0 atom stereocenters. The molecule has 0 saturated carbocycles. The zero-order valence-electron chi connectivity index (χ0n) is 9.03. The Labute approximate surface area is 94.2 Å². The second-order valence-electron chi connectivity index (χ2n) is 3.11. The van der Waals surface area contributed by atoms with E-state index in [0.717, 1.165) is 6.42 Å². The van der Waals surface area contributed by atoms with Crippen molar-refractivity contribution in [3.05, 3.63) is 24.0 Å². The van der Waals surface area contributed by atoms with Crippen LogP contribution in [0.2, 0.25) is 0 Å². The molecular formula is C11H15NO2S.